The molecule has 52 valence electrons. The largest absolute Gasteiger partial charge is 0.387 e. The Bertz CT molecular complexity index is 107. The molecule has 3 heterocycles. The van der Waals surface area contributed by atoms with Crippen molar-refractivity contribution >= 4 is 0 Å². The molecule has 0 radical (unpaired) electrons. The average Bonchev–Trinajstić information content (AvgIpc) is 1.90. The first-order chi connectivity index (χ1) is 4.36. The third-order valence-corrected chi connectivity index (χ3v) is 2.78. The fourth-order valence-corrected chi connectivity index (χ4v) is 2.10. The van der Waals surface area contributed by atoms with Gasteiger partial charge in [0.1, 0.15) is 12.6 Å². The van der Waals surface area contributed by atoms with Crippen molar-refractivity contribution in [3.63, 3.8) is 0 Å². The van der Waals surface area contributed by atoms with Crippen molar-refractivity contribution in [2.24, 2.45) is 5.92 Å². The van der Waals surface area contributed by atoms with Crippen LogP contribution in [0.15, 0.2) is 0 Å². The molecule has 3 rings (SSSR count). The summed E-state index contributed by atoms with van der Waals surface area (Å²) in [6, 6.07) is 0. The van der Waals surface area contributed by atoms with E-state index in [0.29, 0.717) is 5.92 Å². The summed E-state index contributed by atoms with van der Waals surface area (Å²) in [6.07, 6.45) is 2.55. The predicted molar refractivity (Wildman–Crippen MR) is 34.3 cm³/mol. The zero-order valence-electron chi connectivity index (χ0n) is 5.64. The van der Waals surface area contributed by atoms with Crippen molar-refractivity contribution in [2.45, 2.75) is 18.9 Å². The van der Waals surface area contributed by atoms with Gasteiger partial charge in [-0.3, -0.25) is 0 Å². The van der Waals surface area contributed by atoms with Gasteiger partial charge in [-0.2, -0.15) is 0 Å². The van der Waals surface area contributed by atoms with E-state index in [0.717, 1.165) is 6.54 Å². The number of fused-ring (bicyclic) bond motifs is 3. The molecule has 2 heteroatoms. The van der Waals surface area contributed by atoms with Crippen LogP contribution >= 0.6 is 0 Å². The molecule has 1 unspecified atom stereocenters. The minimum atomic E-state index is 0.0301. The number of rotatable bonds is 0. The van der Waals surface area contributed by atoms with E-state index >= 15 is 0 Å². The summed E-state index contributed by atoms with van der Waals surface area (Å²) in [7, 11) is 0. The van der Waals surface area contributed by atoms with Gasteiger partial charge in [0.25, 0.3) is 0 Å². The van der Waals surface area contributed by atoms with Gasteiger partial charge in [0.2, 0.25) is 0 Å². The van der Waals surface area contributed by atoms with E-state index in [1.807, 2.05) is 0 Å². The molecule has 3 saturated heterocycles. The van der Waals surface area contributed by atoms with Gasteiger partial charge in [-0.05, 0) is 0 Å². The highest BCUT2D eigenvalue weighted by Gasteiger charge is 2.35. The van der Waals surface area contributed by atoms with E-state index < -0.39 is 0 Å². The van der Waals surface area contributed by atoms with Gasteiger partial charge in [0.15, 0.2) is 0 Å². The number of aliphatic hydroxyl groups is 1. The van der Waals surface area contributed by atoms with Gasteiger partial charge in [-0.1, -0.05) is 0 Å². The highest BCUT2D eigenvalue weighted by molar-refractivity contribution is 4.74. The average molecular weight is 128 g/mol. The topological polar surface area (TPSA) is 24.7 Å². The molecule has 3 aliphatic rings. The summed E-state index contributed by atoms with van der Waals surface area (Å²) in [4.78, 5) is 1.62. The van der Waals surface area contributed by atoms with E-state index in [9.17, 15) is 5.11 Å². The molecule has 2 nitrogen and oxygen atoms in total. The molecule has 2 bridgehead atoms. The number of piperidine rings is 3. The Hall–Kier alpha value is -0.0800. The van der Waals surface area contributed by atoms with Crippen LogP contribution in [0.2, 0.25) is 0 Å². The number of aliphatic hydroxyl groups excluding tert-OH is 1. The first-order valence-electron chi connectivity index (χ1n) is 3.88. The number of hydrogen-bond donors (Lipinski definition) is 2. The molecule has 0 aliphatic carbocycles. The molecule has 0 aromatic rings. The lowest BCUT2D eigenvalue weighted by molar-refractivity contribution is -0.920. The molecule has 0 spiro atoms. The van der Waals surface area contributed by atoms with Crippen molar-refractivity contribution in [2.75, 3.05) is 19.6 Å². The zero-order valence-corrected chi connectivity index (χ0v) is 5.64. The SMILES string of the molecule is OC1C[NH+]2CCC1CC2. The minimum Gasteiger partial charge on any atom is -0.387 e. The van der Waals surface area contributed by atoms with Crippen molar-refractivity contribution in [1.29, 1.82) is 0 Å². The Morgan fingerprint density at radius 3 is 2.11 bits per heavy atom. The van der Waals surface area contributed by atoms with E-state index in [1.165, 1.54) is 25.9 Å². The summed E-state index contributed by atoms with van der Waals surface area (Å²) in [5.74, 6) is 0.655. The van der Waals surface area contributed by atoms with Gasteiger partial charge >= 0.3 is 0 Å². The van der Waals surface area contributed by atoms with Crippen molar-refractivity contribution in [3.8, 4) is 0 Å². The van der Waals surface area contributed by atoms with E-state index in [1.54, 1.807) is 4.90 Å². The van der Waals surface area contributed by atoms with Gasteiger partial charge in [-0.25, -0.2) is 0 Å². The molecule has 0 aromatic heterocycles. The molecule has 3 fully saturated rings. The van der Waals surface area contributed by atoms with E-state index in [2.05, 4.69) is 0 Å². The second-order valence-corrected chi connectivity index (χ2v) is 3.36. The van der Waals surface area contributed by atoms with Crippen LogP contribution in [-0.2, 0) is 0 Å². The second kappa shape index (κ2) is 1.96. The van der Waals surface area contributed by atoms with Crippen LogP contribution in [0.4, 0.5) is 0 Å². The highest BCUT2D eigenvalue weighted by atomic mass is 16.3. The van der Waals surface area contributed by atoms with Gasteiger partial charge in [-0.15, -0.1) is 0 Å². The van der Waals surface area contributed by atoms with Crippen LogP contribution < -0.4 is 4.90 Å². The van der Waals surface area contributed by atoms with Crippen LogP contribution in [0.25, 0.3) is 0 Å². The maximum absolute atomic E-state index is 9.38. The number of nitrogens with one attached hydrogen (secondary N) is 1. The molecular formula is C7H14NO+. The Kier molecular flexibility index (Phi) is 1.24. The van der Waals surface area contributed by atoms with Gasteiger partial charge < -0.3 is 10.0 Å². The zero-order chi connectivity index (χ0) is 6.27. The molecule has 2 N–H and O–H groups in total. The highest BCUT2D eigenvalue weighted by Crippen LogP contribution is 2.17. The predicted octanol–water partition coefficient (Wildman–Crippen LogP) is -1.34. The third-order valence-electron chi connectivity index (χ3n) is 2.78. The quantitative estimate of drug-likeness (QED) is 0.414. The minimum absolute atomic E-state index is 0.0301. The summed E-state index contributed by atoms with van der Waals surface area (Å²) in [5, 5.41) is 9.38. The Balaban J connectivity index is 2.06. The van der Waals surface area contributed by atoms with Crippen LogP contribution in [0.3, 0.4) is 0 Å². The molecule has 0 aromatic carbocycles. The molecule has 1 atom stereocenters. The van der Waals surface area contributed by atoms with Gasteiger partial charge in [0, 0.05) is 18.8 Å². The fourth-order valence-electron chi connectivity index (χ4n) is 2.10. The van der Waals surface area contributed by atoms with E-state index in [4.69, 9.17) is 0 Å². The van der Waals surface area contributed by atoms with Crippen LogP contribution in [-0.4, -0.2) is 30.8 Å². The van der Waals surface area contributed by atoms with Crippen molar-refractivity contribution in [1.82, 2.24) is 0 Å². The lowest BCUT2D eigenvalue weighted by atomic mass is 9.86. The summed E-state index contributed by atoms with van der Waals surface area (Å²) in [5.41, 5.74) is 0. The summed E-state index contributed by atoms with van der Waals surface area (Å²) in [6.45, 7) is 3.63. The Labute approximate surface area is 55.5 Å². The van der Waals surface area contributed by atoms with Gasteiger partial charge in [0.05, 0.1) is 13.1 Å². The molecule has 3 aliphatic heterocycles. The Morgan fingerprint density at radius 1 is 1.22 bits per heavy atom. The first kappa shape index (κ1) is 5.69. The Morgan fingerprint density at radius 2 is 1.89 bits per heavy atom. The maximum atomic E-state index is 9.38. The molecular weight excluding hydrogens is 114 g/mol. The van der Waals surface area contributed by atoms with Crippen LogP contribution in [0, 0.1) is 5.92 Å². The normalized spacial score (nSPS) is 49.7. The van der Waals surface area contributed by atoms with Crippen LogP contribution in [0.5, 0.6) is 0 Å². The van der Waals surface area contributed by atoms with Crippen molar-refractivity contribution < 1.29 is 10.0 Å². The van der Waals surface area contributed by atoms with Crippen molar-refractivity contribution in [3.05, 3.63) is 0 Å². The maximum Gasteiger partial charge on any atom is 0.106 e. The van der Waals surface area contributed by atoms with Crippen LogP contribution in [0.1, 0.15) is 12.8 Å². The number of quaternary nitrogens is 1. The smallest absolute Gasteiger partial charge is 0.106 e. The monoisotopic (exact) mass is 128 g/mol. The third kappa shape index (κ3) is 0.864. The lowest BCUT2D eigenvalue weighted by Gasteiger charge is -2.39. The number of hydrogen-bond acceptors (Lipinski definition) is 1. The summed E-state index contributed by atoms with van der Waals surface area (Å²) < 4.78 is 0. The van der Waals surface area contributed by atoms with E-state index in [-0.39, 0.29) is 6.10 Å². The first-order valence-corrected chi connectivity index (χ1v) is 3.88. The lowest BCUT2D eigenvalue weighted by Crippen LogP contribution is -3.16. The second-order valence-electron chi connectivity index (χ2n) is 3.36. The standard InChI is InChI=1S/C7H13NO/c9-7-5-8-3-1-6(7)2-4-8/h6-7,9H,1-5H2/p+1. The summed E-state index contributed by atoms with van der Waals surface area (Å²) >= 11 is 0. The fraction of sp³-hybridized carbons (Fsp3) is 1.00. The molecule has 0 amide bonds. The molecule has 9 heavy (non-hydrogen) atoms. The molecule has 0 saturated carbocycles.